The molecule has 16 heavy (non-hydrogen) atoms. The Morgan fingerprint density at radius 2 is 2.25 bits per heavy atom. The highest BCUT2D eigenvalue weighted by molar-refractivity contribution is 7.08. The molecule has 2 N–H and O–H groups in total. The number of carbonyl (C=O) groups excluding carboxylic acids is 1. The molecule has 86 valence electrons. The zero-order valence-electron chi connectivity index (χ0n) is 8.90. The quantitative estimate of drug-likeness (QED) is 0.834. The lowest BCUT2D eigenvalue weighted by Gasteiger charge is -2.03. The highest BCUT2D eigenvalue weighted by Crippen LogP contribution is 2.38. The average Bonchev–Trinajstić information content (AvgIpc) is 2.94. The highest BCUT2D eigenvalue weighted by atomic mass is 32.1. The van der Waals surface area contributed by atoms with Gasteiger partial charge in [0.15, 0.2) is 0 Å². The molecule has 0 radical (unpaired) electrons. The van der Waals surface area contributed by atoms with E-state index in [2.05, 4.69) is 5.32 Å². The van der Waals surface area contributed by atoms with Crippen molar-refractivity contribution in [3.63, 3.8) is 0 Å². The van der Waals surface area contributed by atoms with Gasteiger partial charge in [0, 0.05) is 6.54 Å². The van der Waals surface area contributed by atoms with Crippen LogP contribution in [0.15, 0.2) is 10.8 Å². The molecule has 2 rings (SSSR count). The number of aryl methyl sites for hydroxylation is 1. The maximum atomic E-state index is 11.6. The molecule has 1 heterocycles. The van der Waals surface area contributed by atoms with Gasteiger partial charge in [-0.05, 0) is 35.2 Å². The Labute approximate surface area is 97.3 Å². The average molecular weight is 239 g/mol. The van der Waals surface area contributed by atoms with Crippen molar-refractivity contribution in [1.29, 1.82) is 0 Å². The van der Waals surface area contributed by atoms with Crippen molar-refractivity contribution in [2.45, 2.75) is 19.9 Å². The Morgan fingerprint density at radius 1 is 1.50 bits per heavy atom. The van der Waals surface area contributed by atoms with E-state index in [4.69, 9.17) is 5.11 Å². The predicted molar refractivity (Wildman–Crippen MR) is 60.1 cm³/mol. The minimum Gasteiger partial charge on any atom is -0.481 e. The standard InChI is InChI=1S/C11H13NO3S/c1-6-4-16-5-7(6)3-12-10(13)8-2-9(8)11(14)15/h4-5,8-9H,2-3H2,1H3,(H,12,13)(H,14,15). The van der Waals surface area contributed by atoms with Gasteiger partial charge in [-0.15, -0.1) is 0 Å². The molecule has 5 heteroatoms. The molecule has 0 aromatic carbocycles. The molecule has 0 spiro atoms. The van der Waals surface area contributed by atoms with E-state index in [1.807, 2.05) is 17.7 Å². The lowest BCUT2D eigenvalue weighted by molar-refractivity contribution is -0.140. The molecule has 1 aromatic heterocycles. The van der Waals surface area contributed by atoms with Crippen molar-refractivity contribution in [2.75, 3.05) is 0 Å². The molecule has 2 unspecified atom stereocenters. The van der Waals surface area contributed by atoms with Crippen LogP contribution in [0.1, 0.15) is 17.5 Å². The van der Waals surface area contributed by atoms with Gasteiger partial charge in [-0.3, -0.25) is 9.59 Å². The van der Waals surface area contributed by atoms with Crippen LogP contribution in [-0.2, 0) is 16.1 Å². The van der Waals surface area contributed by atoms with Crippen molar-refractivity contribution >= 4 is 23.2 Å². The van der Waals surface area contributed by atoms with E-state index in [1.165, 1.54) is 0 Å². The maximum absolute atomic E-state index is 11.6. The van der Waals surface area contributed by atoms with Crippen molar-refractivity contribution in [1.82, 2.24) is 5.32 Å². The van der Waals surface area contributed by atoms with Crippen LogP contribution in [0.2, 0.25) is 0 Å². The van der Waals surface area contributed by atoms with Crippen LogP contribution in [0.25, 0.3) is 0 Å². The summed E-state index contributed by atoms with van der Waals surface area (Å²) < 4.78 is 0. The van der Waals surface area contributed by atoms with Crippen LogP contribution in [0.5, 0.6) is 0 Å². The number of nitrogens with one attached hydrogen (secondary N) is 1. The van der Waals surface area contributed by atoms with Crippen LogP contribution in [0.3, 0.4) is 0 Å². The number of aliphatic carboxylic acids is 1. The summed E-state index contributed by atoms with van der Waals surface area (Å²) in [6.07, 6.45) is 0.476. The molecular weight excluding hydrogens is 226 g/mol. The van der Waals surface area contributed by atoms with Crippen LogP contribution in [0.4, 0.5) is 0 Å². The molecule has 1 aliphatic rings. The molecule has 4 nitrogen and oxygen atoms in total. The molecule has 1 aromatic rings. The Balaban J connectivity index is 1.82. The number of carbonyl (C=O) groups is 2. The molecule has 2 atom stereocenters. The first-order valence-electron chi connectivity index (χ1n) is 5.11. The summed E-state index contributed by atoms with van der Waals surface area (Å²) in [5.41, 5.74) is 2.27. The lowest BCUT2D eigenvalue weighted by atomic mass is 10.2. The first kappa shape index (κ1) is 11.1. The lowest BCUT2D eigenvalue weighted by Crippen LogP contribution is -2.25. The largest absolute Gasteiger partial charge is 0.481 e. The summed E-state index contributed by atoms with van der Waals surface area (Å²) in [4.78, 5) is 22.1. The van der Waals surface area contributed by atoms with Crippen molar-refractivity contribution in [3.8, 4) is 0 Å². The summed E-state index contributed by atoms with van der Waals surface area (Å²) in [6.45, 7) is 2.49. The summed E-state index contributed by atoms with van der Waals surface area (Å²) in [5.74, 6) is -1.80. The van der Waals surface area contributed by atoms with Gasteiger partial charge in [-0.1, -0.05) is 0 Å². The third kappa shape index (κ3) is 2.24. The molecule has 1 fully saturated rings. The summed E-state index contributed by atoms with van der Waals surface area (Å²) in [7, 11) is 0. The van der Waals surface area contributed by atoms with E-state index in [1.54, 1.807) is 11.3 Å². The zero-order valence-corrected chi connectivity index (χ0v) is 9.71. The van der Waals surface area contributed by atoms with E-state index in [0.717, 1.165) is 11.1 Å². The van der Waals surface area contributed by atoms with Crippen LogP contribution >= 0.6 is 11.3 Å². The monoisotopic (exact) mass is 239 g/mol. The minimum atomic E-state index is -0.869. The molecule has 1 saturated carbocycles. The molecule has 1 aliphatic carbocycles. The van der Waals surface area contributed by atoms with Crippen molar-refractivity contribution in [3.05, 3.63) is 21.9 Å². The molecular formula is C11H13NO3S. The Kier molecular flexibility index (Phi) is 2.96. The second-order valence-corrected chi connectivity index (χ2v) is 4.83. The predicted octanol–water partition coefficient (Wildman–Crippen LogP) is 1.39. The van der Waals surface area contributed by atoms with Gasteiger partial charge in [-0.25, -0.2) is 0 Å². The topological polar surface area (TPSA) is 66.4 Å². The smallest absolute Gasteiger partial charge is 0.307 e. The molecule has 0 bridgehead atoms. The minimum absolute atomic E-state index is 0.141. The van der Waals surface area contributed by atoms with Crippen LogP contribution in [-0.4, -0.2) is 17.0 Å². The number of hydrogen-bond acceptors (Lipinski definition) is 3. The summed E-state index contributed by atoms with van der Waals surface area (Å²) >= 11 is 1.60. The van der Waals surface area contributed by atoms with Gasteiger partial charge in [-0.2, -0.15) is 11.3 Å². The van der Waals surface area contributed by atoms with Crippen molar-refractivity contribution < 1.29 is 14.7 Å². The highest BCUT2D eigenvalue weighted by Gasteiger charge is 2.48. The van der Waals surface area contributed by atoms with Gasteiger partial charge >= 0.3 is 5.97 Å². The maximum Gasteiger partial charge on any atom is 0.307 e. The van der Waals surface area contributed by atoms with Crippen LogP contribution in [0, 0.1) is 18.8 Å². The van der Waals surface area contributed by atoms with Gasteiger partial charge in [0.1, 0.15) is 0 Å². The van der Waals surface area contributed by atoms with Gasteiger partial charge < -0.3 is 10.4 Å². The van der Waals surface area contributed by atoms with Crippen LogP contribution < -0.4 is 5.32 Å². The number of thiophene rings is 1. The van der Waals surface area contributed by atoms with Gasteiger partial charge in [0.2, 0.25) is 5.91 Å². The summed E-state index contributed by atoms with van der Waals surface area (Å²) in [6, 6.07) is 0. The van der Waals surface area contributed by atoms with E-state index >= 15 is 0 Å². The second-order valence-electron chi connectivity index (χ2n) is 4.08. The molecule has 0 saturated heterocycles. The number of carboxylic acids is 1. The Bertz CT molecular complexity index is 427. The van der Waals surface area contributed by atoms with Gasteiger partial charge in [0.05, 0.1) is 11.8 Å². The first-order valence-corrected chi connectivity index (χ1v) is 6.06. The van der Waals surface area contributed by atoms with E-state index in [0.29, 0.717) is 13.0 Å². The number of rotatable bonds is 4. The fourth-order valence-corrected chi connectivity index (χ4v) is 2.50. The fourth-order valence-electron chi connectivity index (χ4n) is 1.64. The SMILES string of the molecule is Cc1cscc1CNC(=O)C1CC1C(=O)O. The summed E-state index contributed by atoms with van der Waals surface area (Å²) in [5, 5.41) is 15.5. The third-order valence-electron chi connectivity index (χ3n) is 2.86. The fraction of sp³-hybridized carbons (Fsp3) is 0.455. The first-order chi connectivity index (χ1) is 7.59. The number of hydrogen-bond donors (Lipinski definition) is 2. The number of amides is 1. The molecule has 0 aliphatic heterocycles. The van der Waals surface area contributed by atoms with E-state index in [9.17, 15) is 9.59 Å². The number of carboxylic acid groups (broad SMARTS) is 1. The third-order valence-corrected chi connectivity index (χ3v) is 3.77. The zero-order chi connectivity index (χ0) is 11.7. The Morgan fingerprint density at radius 3 is 2.75 bits per heavy atom. The second kappa shape index (κ2) is 4.25. The van der Waals surface area contributed by atoms with Gasteiger partial charge in [0.25, 0.3) is 0 Å². The van der Waals surface area contributed by atoms with Crippen molar-refractivity contribution in [2.24, 2.45) is 11.8 Å². The van der Waals surface area contributed by atoms with E-state index < -0.39 is 11.9 Å². The normalized spacial score (nSPS) is 22.8. The Hall–Kier alpha value is -1.36. The van der Waals surface area contributed by atoms with E-state index in [-0.39, 0.29) is 11.8 Å². The molecule has 1 amide bonds.